The molecule has 106 valence electrons. The molecule has 2 aromatic rings. The molecule has 1 amide bonds. The average Bonchev–Trinajstić information content (AvgIpc) is 2.50. The van der Waals surface area contributed by atoms with Crippen molar-refractivity contribution < 1.29 is 4.79 Å². The lowest BCUT2D eigenvalue weighted by Gasteiger charge is -2.14. The molecule has 0 spiro atoms. The van der Waals surface area contributed by atoms with Gasteiger partial charge in [0.25, 0.3) is 0 Å². The molecule has 1 unspecified atom stereocenters. The van der Waals surface area contributed by atoms with E-state index in [1.54, 1.807) is 6.20 Å². The van der Waals surface area contributed by atoms with Crippen LogP contribution in [0.2, 0.25) is 0 Å². The van der Waals surface area contributed by atoms with E-state index in [0.29, 0.717) is 6.54 Å². The van der Waals surface area contributed by atoms with Crippen LogP contribution in [0.3, 0.4) is 0 Å². The summed E-state index contributed by atoms with van der Waals surface area (Å²) in [5.41, 5.74) is 2.10. The lowest BCUT2D eigenvalue weighted by Crippen LogP contribution is -2.42. The predicted molar refractivity (Wildman–Crippen MR) is 81.3 cm³/mol. The quantitative estimate of drug-likeness (QED) is 0.847. The van der Waals surface area contributed by atoms with Gasteiger partial charge < -0.3 is 10.6 Å². The van der Waals surface area contributed by atoms with E-state index in [-0.39, 0.29) is 11.9 Å². The summed E-state index contributed by atoms with van der Waals surface area (Å²) >= 11 is 0. The Balaban J connectivity index is 2.00. The first-order valence-electron chi connectivity index (χ1n) is 7.06. The van der Waals surface area contributed by atoms with E-state index in [1.165, 1.54) is 0 Å². The standard InChI is InChI=1S/C16H21N3O/c1-3-9-18-16(20)12(2)19-11-14-7-4-6-13-8-5-10-17-15(13)14/h4-8,10,12,19H,3,9,11H2,1-2H3,(H,18,20). The molecule has 0 aliphatic carbocycles. The van der Waals surface area contributed by atoms with Gasteiger partial charge in [-0.25, -0.2) is 0 Å². The van der Waals surface area contributed by atoms with Gasteiger partial charge in [0, 0.05) is 24.7 Å². The van der Waals surface area contributed by atoms with E-state index in [4.69, 9.17) is 0 Å². The summed E-state index contributed by atoms with van der Waals surface area (Å²) in [7, 11) is 0. The van der Waals surface area contributed by atoms with Gasteiger partial charge in [-0.15, -0.1) is 0 Å². The third-order valence-electron chi connectivity index (χ3n) is 3.26. The molecule has 4 heteroatoms. The zero-order valence-corrected chi connectivity index (χ0v) is 12.0. The zero-order chi connectivity index (χ0) is 14.4. The molecule has 1 atom stereocenters. The molecule has 1 heterocycles. The Kier molecular flexibility index (Phi) is 5.07. The maximum atomic E-state index is 11.8. The van der Waals surface area contributed by atoms with Crippen LogP contribution in [0.15, 0.2) is 36.5 Å². The first kappa shape index (κ1) is 14.5. The number of nitrogens with zero attached hydrogens (tertiary/aromatic N) is 1. The number of aromatic nitrogens is 1. The van der Waals surface area contributed by atoms with Gasteiger partial charge in [0.05, 0.1) is 11.6 Å². The minimum absolute atomic E-state index is 0.0417. The number of carbonyl (C=O) groups excluding carboxylic acids is 1. The predicted octanol–water partition coefficient (Wildman–Crippen LogP) is 2.24. The summed E-state index contributed by atoms with van der Waals surface area (Å²) in [6.07, 6.45) is 2.74. The first-order chi connectivity index (χ1) is 9.72. The molecule has 2 N–H and O–H groups in total. The lowest BCUT2D eigenvalue weighted by atomic mass is 10.1. The van der Waals surface area contributed by atoms with Crippen molar-refractivity contribution in [3.8, 4) is 0 Å². The third kappa shape index (κ3) is 3.54. The summed E-state index contributed by atoms with van der Waals surface area (Å²) in [6.45, 7) is 5.28. The Labute approximate surface area is 119 Å². The van der Waals surface area contributed by atoms with Gasteiger partial charge in [-0.1, -0.05) is 31.2 Å². The number of hydrogen-bond acceptors (Lipinski definition) is 3. The van der Waals surface area contributed by atoms with Crippen LogP contribution in [0.25, 0.3) is 10.9 Å². The number of fused-ring (bicyclic) bond motifs is 1. The highest BCUT2D eigenvalue weighted by molar-refractivity contribution is 5.82. The molecule has 0 aliphatic heterocycles. The number of hydrogen-bond donors (Lipinski definition) is 2. The Bertz CT molecular complexity index is 577. The molecule has 0 radical (unpaired) electrons. The Morgan fingerprint density at radius 1 is 1.30 bits per heavy atom. The fourth-order valence-corrected chi connectivity index (χ4v) is 2.07. The number of pyridine rings is 1. The van der Waals surface area contributed by atoms with Crippen molar-refractivity contribution in [2.45, 2.75) is 32.9 Å². The molecular weight excluding hydrogens is 250 g/mol. The number of nitrogens with one attached hydrogen (secondary N) is 2. The van der Waals surface area contributed by atoms with Crippen LogP contribution < -0.4 is 10.6 Å². The summed E-state index contributed by atoms with van der Waals surface area (Å²) in [5, 5.41) is 7.26. The van der Waals surface area contributed by atoms with E-state index in [2.05, 4.69) is 15.6 Å². The third-order valence-corrected chi connectivity index (χ3v) is 3.26. The highest BCUT2D eigenvalue weighted by Gasteiger charge is 2.11. The molecule has 1 aromatic carbocycles. The van der Waals surface area contributed by atoms with Crippen molar-refractivity contribution in [3.63, 3.8) is 0 Å². The molecule has 4 nitrogen and oxygen atoms in total. The summed E-state index contributed by atoms with van der Waals surface area (Å²) in [6, 6.07) is 9.87. The van der Waals surface area contributed by atoms with Gasteiger partial charge in [-0.3, -0.25) is 9.78 Å². The fourth-order valence-electron chi connectivity index (χ4n) is 2.07. The second-order valence-electron chi connectivity index (χ2n) is 4.89. The molecule has 0 fully saturated rings. The molecular formula is C16H21N3O. The number of amides is 1. The first-order valence-corrected chi connectivity index (χ1v) is 7.06. The molecule has 0 bridgehead atoms. The highest BCUT2D eigenvalue weighted by Crippen LogP contribution is 2.15. The Morgan fingerprint density at radius 2 is 2.10 bits per heavy atom. The van der Waals surface area contributed by atoms with Crippen molar-refractivity contribution in [3.05, 3.63) is 42.1 Å². The minimum Gasteiger partial charge on any atom is -0.355 e. The van der Waals surface area contributed by atoms with E-state index < -0.39 is 0 Å². The van der Waals surface area contributed by atoms with Crippen LogP contribution in [-0.4, -0.2) is 23.5 Å². The highest BCUT2D eigenvalue weighted by atomic mass is 16.2. The number of carbonyl (C=O) groups is 1. The Hall–Kier alpha value is -1.94. The smallest absolute Gasteiger partial charge is 0.236 e. The average molecular weight is 271 g/mol. The largest absolute Gasteiger partial charge is 0.355 e. The van der Waals surface area contributed by atoms with Crippen LogP contribution in [-0.2, 0) is 11.3 Å². The monoisotopic (exact) mass is 271 g/mol. The topological polar surface area (TPSA) is 54.0 Å². The van der Waals surface area contributed by atoms with E-state index in [0.717, 1.165) is 29.4 Å². The fraction of sp³-hybridized carbons (Fsp3) is 0.375. The number of rotatable bonds is 6. The molecule has 0 saturated heterocycles. The van der Waals surface area contributed by atoms with Gasteiger partial charge in [-0.05, 0) is 25.0 Å². The second kappa shape index (κ2) is 7.01. The molecule has 2 rings (SSSR count). The molecule has 20 heavy (non-hydrogen) atoms. The second-order valence-corrected chi connectivity index (χ2v) is 4.89. The van der Waals surface area contributed by atoms with Crippen LogP contribution in [0.4, 0.5) is 0 Å². The molecule has 0 saturated carbocycles. The van der Waals surface area contributed by atoms with Gasteiger partial charge >= 0.3 is 0 Å². The summed E-state index contributed by atoms with van der Waals surface area (Å²) in [5.74, 6) is 0.0417. The van der Waals surface area contributed by atoms with Crippen molar-refractivity contribution in [2.75, 3.05) is 6.54 Å². The van der Waals surface area contributed by atoms with E-state index in [9.17, 15) is 4.79 Å². The lowest BCUT2D eigenvalue weighted by molar-refractivity contribution is -0.122. The molecule has 0 aliphatic rings. The minimum atomic E-state index is -0.208. The van der Waals surface area contributed by atoms with Crippen LogP contribution in [0, 0.1) is 0 Å². The van der Waals surface area contributed by atoms with E-state index >= 15 is 0 Å². The molecule has 1 aromatic heterocycles. The van der Waals surface area contributed by atoms with Gasteiger partial charge in [0.2, 0.25) is 5.91 Å². The van der Waals surface area contributed by atoms with E-state index in [1.807, 2.05) is 44.2 Å². The number of benzene rings is 1. The van der Waals surface area contributed by atoms with Crippen LogP contribution in [0.1, 0.15) is 25.8 Å². The maximum Gasteiger partial charge on any atom is 0.236 e. The number of para-hydroxylation sites is 1. The van der Waals surface area contributed by atoms with Crippen molar-refractivity contribution in [1.29, 1.82) is 0 Å². The SMILES string of the molecule is CCCNC(=O)C(C)NCc1cccc2cccnc12. The summed E-state index contributed by atoms with van der Waals surface area (Å²) < 4.78 is 0. The van der Waals surface area contributed by atoms with Gasteiger partial charge in [0.1, 0.15) is 0 Å². The summed E-state index contributed by atoms with van der Waals surface area (Å²) in [4.78, 5) is 16.2. The Morgan fingerprint density at radius 3 is 2.90 bits per heavy atom. The maximum absolute atomic E-state index is 11.8. The van der Waals surface area contributed by atoms with Crippen molar-refractivity contribution in [2.24, 2.45) is 0 Å². The van der Waals surface area contributed by atoms with Gasteiger partial charge in [-0.2, -0.15) is 0 Å². The van der Waals surface area contributed by atoms with Crippen LogP contribution >= 0.6 is 0 Å². The normalized spacial score (nSPS) is 12.3. The zero-order valence-electron chi connectivity index (χ0n) is 12.0. The van der Waals surface area contributed by atoms with Gasteiger partial charge in [0.15, 0.2) is 0 Å². The van der Waals surface area contributed by atoms with Crippen molar-refractivity contribution in [1.82, 2.24) is 15.6 Å². The van der Waals surface area contributed by atoms with Crippen molar-refractivity contribution >= 4 is 16.8 Å². The van der Waals surface area contributed by atoms with Crippen LogP contribution in [0.5, 0.6) is 0 Å².